The molecule has 3 nitrogen and oxygen atoms in total. The van der Waals surface area contributed by atoms with E-state index in [4.69, 9.17) is 0 Å². The minimum absolute atomic E-state index is 0.0264. The highest BCUT2D eigenvalue weighted by Crippen LogP contribution is 2.22. The van der Waals surface area contributed by atoms with Crippen molar-refractivity contribution in [3.8, 4) is 0 Å². The molecule has 21 heavy (non-hydrogen) atoms. The average Bonchev–Trinajstić information content (AvgIpc) is 2.58. The van der Waals surface area contributed by atoms with E-state index < -0.39 is 0 Å². The second kappa shape index (κ2) is 5.76. The normalized spacial score (nSPS) is 16.9. The maximum absolute atomic E-state index is 12.1. The van der Waals surface area contributed by atoms with Crippen LogP contribution in [0, 0.1) is 0 Å². The smallest absolute Gasteiger partial charge is 0.251 e. The first-order chi connectivity index (χ1) is 10.1. The summed E-state index contributed by atoms with van der Waals surface area (Å²) in [6.45, 7) is 6.05. The van der Waals surface area contributed by atoms with Gasteiger partial charge in [-0.1, -0.05) is 12.1 Å². The Kier molecular flexibility index (Phi) is 3.82. The molecule has 0 bridgehead atoms. The lowest BCUT2D eigenvalue weighted by molar-refractivity contribution is 0.0943. The molecule has 2 aliphatic rings. The lowest BCUT2D eigenvalue weighted by Gasteiger charge is -2.26. The number of fused-ring (bicyclic) bond motifs is 1. The van der Waals surface area contributed by atoms with Crippen LogP contribution in [0.5, 0.6) is 0 Å². The molecule has 0 saturated heterocycles. The quantitative estimate of drug-likeness (QED) is 0.924. The third-order valence-corrected chi connectivity index (χ3v) is 4.09. The van der Waals surface area contributed by atoms with Crippen molar-refractivity contribution < 1.29 is 4.79 Å². The van der Waals surface area contributed by atoms with E-state index in [1.165, 1.54) is 16.8 Å². The van der Waals surface area contributed by atoms with Crippen LogP contribution in [-0.2, 0) is 12.8 Å². The number of amides is 1. The zero-order valence-corrected chi connectivity index (χ0v) is 12.7. The number of rotatable bonds is 3. The largest absolute Gasteiger partial charge is 0.371 e. The molecule has 110 valence electrons. The number of carbonyl (C=O) groups is 1. The van der Waals surface area contributed by atoms with Crippen LogP contribution in [0.3, 0.4) is 0 Å². The van der Waals surface area contributed by atoms with E-state index in [0.29, 0.717) is 0 Å². The lowest BCUT2D eigenvalue weighted by Crippen LogP contribution is -2.30. The Morgan fingerprint density at radius 1 is 1.19 bits per heavy atom. The molecule has 0 aromatic heterocycles. The van der Waals surface area contributed by atoms with Gasteiger partial charge in [0.25, 0.3) is 5.91 Å². The number of allylic oxidation sites excluding steroid dienone is 3. The first-order valence-electron chi connectivity index (χ1n) is 7.69. The molecule has 0 saturated carbocycles. The van der Waals surface area contributed by atoms with Gasteiger partial charge in [-0.05, 0) is 62.1 Å². The summed E-state index contributed by atoms with van der Waals surface area (Å²) in [7, 11) is 0. The number of nitrogens with zero attached hydrogens (tertiary/aromatic N) is 1. The maximum Gasteiger partial charge on any atom is 0.251 e. The van der Waals surface area contributed by atoms with Crippen LogP contribution in [0.25, 0.3) is 0 Å². The minimum Gasteiger partial charge on any atom is -0.371 e. The summed E-state index contributed by atoms with van der Waals surface area (Å²) in [6, 6.07) is 6.32. The van der Waals surface area contributed by atoms with Gasteiger partial charge < -0.3 is 10.2 Å². The van der Waals surface area contributed by atoms with E-state index in [2.05, 4.69) is 40.6 Å². The van der Waals surface area contributed by atoms with Gasteiger partial charge in [0.05, 0.1) is 0 Å². The van der Waals surface area contributed by atoms with Gasteiger partial charge in [0.1, 0.15) is 0 Å². The summed E-state index contributed by atoms with van der Waals surface area (Å²) < 4.78 is 0. The molecule has 0 radical (unpaired) electrons. The molecule has 1 amide bonds. The lowest BCUT2D eigenvalue weighted by atomic mass is 10.00. The summed E-state index contributed by atoms with van der Waals surface area (Å²) in [4.78, 5) is 14.5. The van der Waals surface area contributed by atoms with Crippen LogP contribution in [0.4, 0.5) is 0 Å². The third kappa shape index (κ3) is 3.02. The van der Waals surface area contributed by atoms with Crippen molar-refractivity contribution in [3.63, 3.8) is 0 Å². The van der Waals surface area contributed by atoms with Gasteiger partial charge in [0.2, 0.25) is 0 Å². The number of carbonyl (C=O) groups excluding carboxylic acids is 1. The number of hydrogen-bond donors (Lipinski definition) is 1. The molecule has 1 aliphatic heterocycles. The van der Waals surface area contributed by atoms with E-state index in [-0.39, 0.29) is 11.9 Å². The van der Waals surface area contributed by atoms with Gasteiger partial charge in [-0.3, -0.25) is 4.79 Å². The third-order valence-electron chi connectivity index (χ3n) is 4.09. The Bertz CT molecular complexity index is 614. The van der Waals surface area contributed by atoms with E-state index >= 15 is 0 Å². The Morgan fingerprint density at radius 3 is 2.52 bits per heavy atom. The van der Waals surface area contributed by atoms with Crippen LogP contribution in [-0.4, -0.2) is 29.9 Å². The van der Waals surface area contributed by atoms with Crippen molar-refractivity contribution in [2.45, 2.75) is 32.7 Å². The van der Waals surface area contributed by atoms with Gasteiger partial charge in [-0.25, -0.2) is 0 Å². The molecular weight excluding hydrogens is 260 g/mol. The van der Waals surface area contributed by atoms with Gasteiger partial charge >= 0.3 is 0 Å². The minimum atomic E-state index is 0.0264. The molecule has 1 heterocycles. The van der Waals surface area contributed by atoms with Crippen LogP contribution in [0.1, 0.15) is 35.3 Å². The number of nitrogens with one attached hydrogen (secondary N) is 1. The van der Waals surface area contributed by atoms with Gasteiger partial charge in [-0.15, -0.1) is 0 Å². The van der Waals surface area contributed by atoms with E-state index in [1.807, 2.05) is 19.9 Å². The molecule has 3 rings (SSSR count). The Balaban J connectivity index is 1.75. The Hall–Kier alpha value is -2.03. The van der Waals surface area contributed by atoms with Crippen molar-refractivity contribution in [2.75, 3.05) is 13.1 Å². The zero-order valence-electron chi connectivity index (χ0n) is 12.7. The van der Waals surface area contributed by atoms with E-state index in [0.717, 1.165) is 31.5 Å². The zero-order chi connectivity index (χ0) is 14.8. The first kappa shape index (κ1) is 13.9. The fraction of sp³-hybridized carbons (Fsp3) is 0.389. The van der Waals surface area contributed by atoms with E-state index in [9.17, 15) is 4.79 Å². The summed E-state index contributed by atoms with van der Waals surface area (Å²) in [5.74, 6) is 0.0264. The van der Waals surface area contributed by atoms with Crippen molar-refractivity contribution in [1.82, 2.24) is 10.2 Å². The number of hydrogen-bond acceptors (Lipinski definition) is 2. The molecule has 0 fully saturated rings. The van der Waals surface area contributed by atoms with Crippen LogP contribution in [0.15, 0.2) is 42.1 Å². The fourth-order valence-electron chi connectivity index (χ4n) is 2.86. The summed E-state index contributed by atoms with van der Waals surface area (Å²) >= 11 is 0. The molecule has 0 atom stereocenters. The second-order valence-corrected chi connectivity index (χ2v) is 6.05. The van der Waals surface area contributed by atoms with Crippen LogP contribution >= 0.6 is 0 Å². The monoisotopic (exact) mass is 282 g/mol. The maximum atomic E-state index is 12.1. The summed E-state index contributed by atoms with van der Waals surface area (Å²) in [6.07, 6.45) is 8.46. The van der Waals surface area contributed by atoms with Crippen LogP contribution < -0.4 is 5.32 Å². The van der Waals surface area contributed by atoms with Crippen molar-refractivity contribution >= 4 is 5.91 Å². The molecule has 1 aromatic carbocycles. The fourth-order valence-corrected chi connectivity index (χ4v) is 2.86. The highest BCUT2D eigenvalue weighted by atomic mass is 16.1. The molecule has 1 N–H and O–H groups in total. The van der Waals surface area contributed by atoms with Crippen LogP contribution in [0.2, 0.25) is 0 Å². The molecule has 1 aliphatic carbocycles. The Morgan fingerprint density at radius 2 is 1.90 bits per heavy atom. The Labute approximate surface area is 126 Å². The van der Waals surface area contributed by atoms with Gasteiger partial charge in [-0.2, -0.15) is 0 Å². The van der Waals surface area contributed by atoms with Gasteiger partial charge in [0, 0.05) is 30.4 Å². The van der Waals surface area contributed by atoms with Crippen molar-refractivity contribution in [3.05, 3.63) is 58.8 Å². The second-order valence-electron chi connectivity index (χ2n) is 6.05. The van der Waals surface area contributed by atoms with Crippen molar-refractivity contribution in [1.29, 1.82) is 0 Å². The molecule has 1 aromatic rings. The van der Waals surface area contributed by atoms with E-state index in [1.54, 1.807) is 0 Å². The highest BCUT2D eigenvalue weighted by molar-refractivity contribution is 5.94. The highest BCUT2D eigenvalue weighted by Gasteiger charge is 2.17. The predicted molar refractivity (Wildman–Crippen MR) is 85.2 cm³/mol. The van der Waals surface area contributed by atoms with Gasteiger partial charge in [0.15, 0.2) is 0 Å². The van der Waals surface area contributed by atoms with Crippen molar-refractivity contribution in [2.24, 2.45) is 0 Å². The molecule has 3 heteroatoms. The summed E-state index contributed by atoms with van der Waals surface area (Å²) in [5.41, 5.74) is 4.81. The topological polar surface area (TPSA) is 32.3 Å². The molecular formula is C18H22N2O. The average molecular weight is 282 g/mol. The number of benzene rings is 1. The molecule has 0 spiro atoms. The predicted octanol–water partition coefficient (Wildman–Crippen LogP) is 2.68. The molecule has 0 unspecified atom stereocenters. The summed E-state index contributed by atoms with van der Waals surface area (Å²) in [5, 5.41) is 2.96. The SMILES string of the molecule is CC(C)NC(=O)c1ccc2c(c1)CCN(C1=CC=C1)CC2. The standard InChI is InChI=1S/C18H22N2O/c1-13(2)19-18(21)16-7-6-14-8-10-20(17-4-3-5-17)11-9-15(14)12-16/h3-7,12-13H,8-11H2,1-2H3,(H,19,21). The first-order valence-corrected chi connectivity index (χ1v) is 7.69.